The third-order valence-corrected chi connectivity index (χ3v) is 8.39. The summed E-state index contributed by atoms with van der Waals surface area (Å²) in [5.74, 6) is 1.56. The molecule has 6 heteroatoms. The van der Waals surface area contributed by atoms with E-state index in [4.69, 9.17) is 9.47 Å². The quantitative estimate of drug-likeness (QED) is 0.271. The minimum Gasteiger partial charge on any atom is -0.493 e. The first kappa shape index (κ1) is 30.3. The lowest BCUT2D eigenvalue weighted by Crippen LogP contribution is -2.53. The van der Waals surface area contributed by atoms with E-state index < -0.39 is 0 Å². The van der Waals surface area contributed by atoms with Crippen molar-refractivity contribution in [1.82, 2.24) is 4.90 Å². The van der Waals surface area contributed by atoms with Crippen molar-refractivity contribution in [3.05, 3.63) is 88.5 Å². The molecule has 3 aromatic rings. The Morgan fingerprint density at radius 1 is 0.756 bits per heavy atom. The van der Waals surface area contributed by atoms with E-state index in [9.17, 15) is 9.59 Å². The molecule has 0 spiro atoms. The molecule has 0 radical (unpaired) electrons. The fraction of sp³-hybridized carbons (Fsp3) is 0.429. The van der Waals surface area contributed by atoms with Crippen molar-refractivity contribution in [1.29, 1.82) is 0 Å². The van der Waals surface area contributed by atoms with Crippen molar-refractivity contribution in [3.8, 4) is 11.5 Å². The van der Waals surface area contributed by atoms with Crippen molar-refractivity contribution >= 4 is 17.3 Å². The Kier molecular flexibility index (Phi) is 10.2. The predicted octanol–water partition coefficient (Wildman–Crippen LogP) is 6.77. The normalized spacial score (nSPS) is 18.0. The minimum atomic E-state index is -0.0143. The summed E-state index contributed by atoms with van der Waals surface area (Å²) in [5, 5.41) is 0. The standard InChI is InChI=1S/C25H30N2O2.C10H14O2/c1-4-20-10-13-23(25(18(3)29)24(20)17(2)28)26-15-21-11-12-22(16-26)27(21)14-19-8-6-5-7-9-19;1-4-8-5-6-9(11-2)10(7-8)12-3/h5-10,13,21-22H,4,11-12,14-16H2,1-3H3;5-7H,4H2,1-3H3. The molecule has 0 saturated carbocycles. The van der Waals surface area contributed by atoms with Crippen LogP contribution in [0.15, 0.2) is 60.7 Å². The zero-order chi connectivity index (χ0) is 29.5. The lowest BCUT2D eigenvalue weighted by molar-refractivity contribution is 0.0980. The third-order valence-electron chi connectivity index (χ3n) is 8.39. The third kappa shape index (κ3) is 6.82. The van der Waals surface area contributed by atoms with Crippen molar-refractivity contribution in [3.63, 3.8) is 0 Å². The zero-order valence-corrected chi connectivity index (χ0v) is 25.4. The first-order valence-corrected chi connectivity index (χ1v) is 14.7. The van der Waals surface area contributed by atoms with Crippen LogP contribution in [0.1, 0.15) is 77.9 Å². The van der Waals surface area contributed by atoms with Crippen LogP contribution in [0.25, 0.3) is 0 Å². The summed E-state index contributed by atoms with van der Waals surface area (Å²) in [7, 11) is 3.29. The lowest BCUT2D eigenvalue weighted by Gasteiger charge is -2.43. The predicted molar refractivity (Wildman–Crippen MR) is 166 cm³/mol. The van der Waals surface area contributed by atoms with Crippen LogP contribution in [-0.2, 0) is 19.4 Å². The number of rotatable bonds is 9. The zero-order valence-electron chi connectivity index (χ0n) is 25.4. The highest BCUT2D eigenvalue weighted by Crippen LogP contribution is 2.37. The Balaban J connectivity index is 0.000000271. The van der Waals surface area contributed by atoms with Crippen molar-refractivity contribution in [2.24, 2.45) is 0 Å². The van der Waals surface area contributed by atoms with Gasteiger partial charge in [0, 0.05) is 43.0 Å². The van der Waals surface area contributed by atoms with Crippen LogP contribution in [0, 0.1) is 0 Å². The maximum Gasteiger partial charge on any atom is 0.162 e. The SMILES string of the molecule is CCc1ccc(N2CC3CCC(C2)N3Cc2ccccc2)c(C(C)=O)c1C(C)=O.CCc1ccc(OC)c(OC)c1. The van der Waals surface area contributed by atoms with E-state index >= 15 is 0 Å². The van der Waals surface area contributed by atoms with E-state index in [1.165, 1.54) is 24.0 Å². The second kappa shape index (κ2) is 13.8. The number of ketones is 2. The first-order chi connectivity index (χ1) is 19.8. The monoisotopic (exact) mass is 556 g/mol. The molecule has 41 heavy (non-hydrogen) atoms. The number of nitrogens with zero attached hydrogens (tertiary/aromatic N) is 2. The summed E-state index contributed by atoms with van der Waals surface area (Å²) < 4.78 is 10.3. The molecule has 2 aliphatic heterocycles. The summed E-state index contributed by atoms with van der Waals surface area (Å²) in [4.78, 5) is 30.0. The van der Waals surface area contributed by atoms with Gasteiger partial charge in [-0.3, -0.25) is 14.5 Å². The lowest BCUT2D eigenvalue weighted by atomic mass is 9.91. The number of carbonyl (C=O) groups is 2. The van der Waals surface area contributed by atoms with Gasteiger partial charge in [-0.25, -0.2) is 0 Å². The maximum absolute atomic E-state index is 12.6. The molecular weight excluding hydrogens is 512 g/mol. The van der Waals surface area contributed by atoms with Crippen LogP contribution >= 0.6 is 0 Å². The van der Waals surface area contributed by atoms with E-state index in [1.54, 1.807) is 28.1 Å². The van der Waals surface area contributed by atoms with E-state index in [-0.39, 0.29) is 11.6 Å². The van der Waals surface area contributed by atoms with Gasteiger partial charge >= 0.3 is 0 Å². The number of anilines is 1. The van der Waals surface area contributed by atoms with Gasteiger partial charge in [-0.05, 0) is 74.4 Å². The Hall–Kier alpha value is -3.64. The molecule has 0 aliphatic carbocycles. The number of ether oxygens (including phenoxy) is 2. The topological polar surface area (TPSA) is 59.1 Å². The van der Waals surface area contributed by atoms with Crippen LogP contribution < -0.4 is 14.4 Å². The van der Waals surface area contributed by atoms with Crippen molar-refractivity contribution in [2.75, 3.05) is 32.2 Å². The second-order valence-corrected chi connectivity index (χ2v) is 11.0. The number of fused-ring (bicyclic) bond motifs is 2. The van der Waals surface area contributed by atoms with Gasteiger partial charge in [0.2, 0.25) is 0 Å². The van der Waals surface area contributed by atoms with Gasteiger partial charge < -0.3 is 14.4 Å². The fourth-order valence-electron chi connectivity index (χ4n) is 6.29. The minimum absolute atomic E-state index is 0.0143. The van der Waals surface area contributed by atoms with Crippen LogP contribution in [-0.4, -0.2) is 55.9 Å². The van der Waals surface area contributed by atoms with Crippen LogP contribution in [0.2, 0.25) is 0 Å². The van der Waals surface area contributed by atoms with E-state index in [2.05, 4.69) is 53.1 Å². The molecule has 2 saturated heterocycles. The molecule has 2 unspecified atom stereocenters. The molecule has 0 N–H and O–H groups in total. The number of aryl methyl sites for hydroxylation is 2. The van der Waals surface area contributed by atoms with Crippen LogP contribution in [0.4, 0.5) is 5.69 Å². The summed E-state index contributed by atoms with van der Waals surface area (Å²) in [6, 6.07) is 21.7. The largest absolute Gasteiger partial charge is 0.493 e. The first-order valence-electron chi connectivity index (χ1n) is 14.7. The van der Waals surface area contributed by atoms with Gasteiger partial charge in [-0.2, -0.15) is 0 Å². The molecule has 2 heterocycles. The maximum atomic E-state index is 12.6. The van der Waals surface area contributed by atoms with E-state index in [1.807, 2.05) is 31.2 Å². The average Bonchev–Trinajstić information content (AvgIpc) is 3.21. The van der Waals surface area contributed by atoms with Gasteiger partial charge in [0.1, 0.15) is 0 Å². The molecule has 0 amide bonds. The highest BCUT2D eigenvalue weighted by atomic mass is 16.5. The molecule has 2 bridgehead atoms. The Morgan fingerprint density at radius 2 is 1.39 bits per heavy atom. The number of hydrogen-bond acceptors (Lipinski definition) is 6. The highest BCUT2D eigenvalue weighted by molar-refractivity contribution is 6.11. The molecule has 2 fully saturated rings. The molecule has 3 aromatic carbocycles. The molecular formula is C35H44N2O4. The van der Waals surface area contributed by atoms with Crippen LogP contribution in [0.5, 0.6) is 11.5 Å². The number of benzene rings is 3. The van der Waals surface area contributed by atoms with Gasteiger partial charge in [-0.1, -0.05) is 56.3 Å². The Morgan fingerprint density at radius 3 is 1.93 bits per heavy atom. The summed E-state index contributed by atoms with van der Waals surface area (Å²) in [6.07, 6.45) is 4.15. The summed E-state index contributed by atoms with van der Waals surface area (Å²) >= 11 is 0. The molecule has 2 atom stereocenters. The molecule has 2 aliphatic rings. The van der Waals surface area contributed by atoms with Crippen molar-refractivity contribution < 1.29 is 19.1 Å². The van der Waals surface area contributed by atoms with Gasteiger partial charge in [-0.15, -0.1) is 0 Å². The molecule has 6 nitrogen and oxygen atoms in total. The van der Waals surface area contributed by atoms with Gasteiger partial charge in [0.15, 0.2) is 23.1 Å². The number of Topliss-reactive ketones (excluding diaryl/α,β-unsaturated/α-hetero) is 2. The molecule has 0 aromatic heterocycles. The number of methoxy groups -OCH3 is 2. The molecule has 5 rings (SSSR count). The van der Waals surface area contributed by atoms with Gasteiger partial charge in [0.05, 0.1) is 19.8 Å². The van der Waals surface area contributed by atoms with E-state index in [0.717, 1.165) is 55.2 Å². The number of carbonyl (C=O) groups excluding carboxylic acids is 2. The second-order valence-electron chi connectivity index (χ2n) is 11.0. The fourth-order valence-corrected chi connectivity index (χ4v) is 6.29. The number of hydrogen-bond donors (Lipinski definition) is 0. The highest BCUT2D eigenvalue weighted by Gasteiger charge is 2.40. The Bertz CT molecular complexity index is 1340. The average molecular weight is 557 g/mol. The van der Waals surface area contributed by atoms with Crippen molar-refractivity contribution in [2.45, 2.75) is 72.0 Å². The number of piperazine rings is 1. The smallest absolute Gasteiger partial charge is 0.162 e. The van der Waals surface area contributed by atoms with Gasteiger partial charge in [0.25, 0.3) is 0 Å². The van der Waals surface area contributed by atoms with Crippen LogP contribution in [0.3, 0.4) is 0 Å². The summed E-state index contributed by atoms with van der Waals surface area (Å²) in [5.41, 5.74) is 5.76. The Labute approximate surface area is 245 Å². The van der Waals surface area contributed by atoms with E-state index in [0.29, 0.717) is 23.2 Å². The summed E-state index contributed by atoms with van der Waals surface area (Å²) in [6.45, 7) is 10.1. The molecule has 218 valence electrons.